The van der Waals surface area contributed by atoms with E-state index >= 15 is 0 Å². The summed E-state index contributed by atoms with van der Waals surface area (Å²) in [6.45, 7) is 4.40. The fraction of sp³-hybridized carbons (Fsp3) is 0.643. The highest BCUT2D eigenvalue weighted by Gasteiger charge is 2.31. The Morgan fingerprint density at radius 2 is 2.10 bits per heavy atom. The average Bonchev–Trinajstić information content (AvgIpc) is 2.73. The van der Waals surface area contributed by atoms with Crippen LogP contribution in [0, 0.1) is 13.8 Å². The van der Waals surface area contributed by atoms with Crippen LogP contribution in [0.15, 0.2) is 0 Å². The van der Waals surface area contributed by atoms with Crippen LogP contribution in [-0.4, -0.2) is 46.1 Å². The van der Waals surface area contributed by atoms with E-state index in [2.05, 4.69) is 10.4 Å². The minimum absolute atomic E-state index is 0.0890. The van der Waals surface area contributed by atoms with Gasteiger partial charge in [0.25, 0.3) is 0 Å². The molecule has 0 spiro atoms. The van der Waals surface area contributed by atoms with Gasteiger partial charge < -0.3 is 16.0 Å². The highest BCUT2D eigenvalue weighted by atomic mass is 16.2. The molecule has 0 saturated carbocycles. The summed E-state index contributed by atoms with van der Waals surface area (Å²) in [6.07, 6.45) is 2.61. The molecule has 1 saturated heterocycles. The van der Waals surface area contributed by atoms with Gasteiger partial charge in [0.05, 0.1) is 17.1 Å². The zero-order valence-electron chi connectivity index (χ0n) is 12.8. The first-order valence-corrected chi connectivity index (χ1v) is 7.26. The lowest BCUT2D eigenvalue weighted by atomic mass is 10.0. The summed E-state index contributed by atoms with van der Waals surface area (Å²) in [5, 5.41) is 6.91. The van der Waals surface area contributed by atoms with Crippen molar-refractivity contribution in [3.63, 3.8) is 0 Å². The van der Waals surface area contributed by atoms with Crippen molar-refractivity contribution in [3.05, 3.63) is 11.4 Å². The molecule has 0 radical (unpaired) electrons. The highest BCUT2D eigenvalue weighted by Crippen LogP contribution is 2.19. The Balaban J connectivity index is 2.14. The van der Waals surface area contributed by atoms with E-state index in [1.165, 1.54) is 0 Å². The van der Waals surface area contributed by atoms with Crippen molar-refractivity contribution in [2.75, 3.05) is 19.3 Å². The fourth-order valence-corrected chi connectivity index (χ4v) is 2.75. The lowest BCUT2D eigenvalue weighted by molar-refractivity contribution is -0.142. The van der Waals surface area contributed by atoms with E-state index in [9.17, 15) is 9.59 Å². The number of rotatable bonds is 3. The summed E-state index contributed by atoms with van der Waals surface area (Å²) in [5.41, 5.74) is 8.01. The second kappa shape index (κ2) is 6.15. The smallest absolute Gasteiger partial charge is 0.244 e. The van der Waals surface area contributed by atoms with Crippen LogP contribution in [0.3, 0.4) is 0 Å². The van der Waals surface area contributed by atoms with Crippen LogP contribution in [0.1, 0.15) is 30.7 Å². The van der Waals surface area contributed by atoms with E-state index in [0.29, 0.717) is 18.7 Å². The molecule has 0 aliphatic carbocycles. The largest absolute Gasteiger partial charge is 0.396 e. The molecular formula is C14H23N5O2. The molecule has 21 heavy (non-hydrogen) atoms. The molecule has 3 N–H and O–H groups in total. The number of aromatic nitrogens is 2. The van der Waals surface area contributed by atoms with Crippen LogP contribution >= 0.6 is 0 Å². The van der Waals surface area contributed by atoms with Crippen molar-refractivity contribution in [1.29, 1.82) is 0 Å². The molecule has 1 unspecified atom stereocenters. The third-order valence-electron chi connectivity index (χ3n) is 4.09. The third kappa shape index (κ3) is 3.01. The molecular weight excluding hydrogens is 270 g/mol. The molecule has 1 aliphatic rings. The summed E-state index contributed by atoms with van der Waals surface area (Å²) >= 11 is 0. The number of nitrogen functional groups attached to an aromatic ring is 1. The maximum absolute atomic E-state index is 12.5. The number of aryl methyl sites for hydroxylation is 1. The first-order valence-electron chi connectivity index (χ1n) is 7.26. The molecule has 1 aromatic heterocycles. The second-order valence-corrected chi connectivity index (χ2v) is 5.46. The van der Waals surface area contributed by atoms with Gasteiger partial charge in [0.1, 0.15) is 12.6 Å². The molecule has 2 amide bonds. The van der Waals surface area contributed by atoms with Gasteiger partial charge in [0.15, 0.2) is 0 Å². The van der Waals surface area contributed by atoms with Crippen LogP contribution in [0.5, 0.6) is 0 Å². The number of nitrogens with two attached hydrogens (primary N) is 1. The quantitative estimate of drug-likeness (QED) is 0.833. The first-order chi connectivity index (χ1) is 9.95. The lowest BCUT2D eigenvalue weighted by Crippen LogP contribution is -2.52. The molecule has 1 atom stereocenters. The summed E-state index contributed by atoms with van der Waals surface area (Å²) < 4.78 is 1.61. The van der Waals surface area contributed by atoms with Gasteiger partial charge in [-0.2, -0.15) is 5.10 Å². The number of likely N-dealkylation sites (tertiary alicyclic amines) is 1. The Morgan fingerprint density at radius 3 is 2.67 bits per heavy atom. The van der Waals surface area contributed by atoms with Crippen molar-refractivity contribution < 1.29 is 9.59 Å². The normalized spacial score (nSPS) is 18.6. The Hall–Kier alpha value is -2.05. The van der Waals surface area contributed by atoms with E-state index in [4.69, 9.17) is 5.73 Å². The summed E-state index contributed by atoms with van der Waals surface area (Å²) in [4.78, 5) is 26.1. The molecule has 0 bridgehead atoms. The zero-order chi connectivity index (χ0) is 15.6. The van der Waals surface area contributed by atoms with Crippen molar-refractivity contribution in [3.8, 4) is 0 Å². The molecule has 7 heteroatoms. The Bertz CT molecular complexity index is 552. The number of carbonyl (C=O) groups excluding carboxylic acids is 2. The number of nitrogens with one attached hydrogen (secondary N) is 1. The summed E-state index contributed by atoms with van der Waals surface area (Å²) in [7, 11) is 1.60. The summed E-state index contributed by atoms with van der Waals surface area (Å²) in [5.74, 6) is -0.190. The van der Waals surface area contributed by atoms with E-state index in [1.54, 1.807) is 16.6 Å². The lowest BCUT2D eigenvalue weighted by Gasteiger charge is -2.34. The van der Waals surface area contributed by atoms with E-state index in [0.717, 1.165) is 24.2 Å². The van der Waals surface area contributed by atoms with Crippen LogP contribution in [0.25, 0.3) is 0 Å². The fourth-order valence-electron chi connectivity index (χ4n) is 2.75. The van der Waals surface area contributed by atoms with Crippen molar-refractivity contribution in [2.24, 2.45) is 0 Å². The number of carbonyl (C=O) groups is 2. The number of anilines is 1. The maximum Gasteiger partial charge on any atom is 0.244 e. The van der Waals surface area contributed by atoms with Gasteiger partial charge in [-0.1, -0.05) is 0 Å². The van der Waals surface area contributed by atoms with Crippen molar-refractivity contribution in [2.45, 2.75) is 45.7 Å². The maximum atomic E-state index is 12.5. The average molecular weight is 293 g/mol. The predicted molar refractivity (Wildman–Crippen MR) is 79.5 cm³/mol. The van der Waals surface area contributed by atoms with Crippen LogP contribution in [-0.2, 0) is 16.1 Å². The van der Waals surface area contributed by atoms with Gasteiger partial charge >= 0.3 is 0 Å². The molecule has 1 aliphatic heterocycles. The van der Waals surface area contributed by atoms with Crippen molar-refractivity contribution >= 4 is 17.5 Å². The summed E-state index contributed by atoms with van der Waals surface area (Å²) in [6, 6.07) is -0.370. The van der Waals surface area contributed by atoms with Gasteiger partial charge in [0.2, 0.25) is 11.8 Å². The molecule has 0 aromatic carbocycles. The number of likely N-dealkylation sites (N-methyl/N-ethyl adjacent to an activating group) is 1. The Morgan fingerprint density at radius 1 is 1.38 bits per heavy atom. The van der Waals surface area contributed by atoms with E-state index in [1.807, 2.05) is 13.8 Å². The van der Waals surface area contributed by atoms with Gasteiger partial charge in [-0.15, -0.1) is 0 Å². The number of hydrogen-bond acceptors (Lipinski definition) is 4. The van der Waals surface area contributed by atoms with Gasteiger partial charge in [-0.25, -0.2) is 0 Å². The van der Waals surface area contributed by atoms with Crippen LogP contribution < -0.4 is 11.1 Å². The molecule has 7 nitrogen and oxygen atoms in total. The Labute approximate surface area is 124 Å². The molecule has 116 valence electrons. The zero-order valence-corrected chi connectivity index (χ0v) is 12.8. The van der Waals surface area contributed by atoms with Gasteiger partial charge in [-0.3, -0.25) is 14.3 Å². The van der Waals surface area contributed by atoms with Crippen LogP contribution in [0.2, 0.25) is 0 Å². The Kier molecular flexibility index (Phi) is 4.50. The van der Waals surface area contributed by atoms with Gasteiger partial charge in [0, 0.05) is 13.6 Å². The number of amides is 2. The van der Waals surface area contributed by atoms with Crippen molar-refractivity contribution in [1.82, 2.24) is 20.0 Å². The minimum Gasteiger partial charge on any atom is -0.396 e. The molecule has 1 fully saturated rings. The van der Waals surface area contributed by atoms with Gasteiger partial charge in [-0.05, 0) is 33.1 Å². The SMILES string of the molecule is CNC(=O)C1CCCCN1C(=O)Cn1nc(C)c(N)c1C. The van der Waals surface area contributed by atoms with Crippen LogP contribution in [0.4, 0.5) is 5.69 Å². The van der Waals surface area contributed by atoms with E-state index < -0.39 is 0 Å². The molecule has 2 heterocycles. The molecule has 2 rings (SSSR count). The number of nitrogens with zero attached hydrogens (tertiary/aromatic N) is 3. The standard InChI is InChI=1S/C14H23N5O2/c1-9-13(15)10(2)19(17-9)8-12(20)18-7-5-4-6-11(18)14(21)16-3/h11H,4-8,15H2,1-3H3,(H,16,21). The van der Waals surface area contributed by atoms with E-state index in [-0.39, 0.29) is 24.4 Å². The topological polar surface area (TPSA) is 93.2 Å². The number of hydrogen-bond donors (Lipinski definition) is 2. The predicted octanol–water partition coefficient (Wildman–Crippen LogP) is 0.209. The monoisotopic (exact) mass is 293 g/mol. The number of piperidine rings is 1. The first kappa shape index (κ1) is 15.3. The molecule has 1 aromatic rings. The third-order valence-corrected chi connectivity index (χ3v) is 4.09. The minimum atomic E-state index is -0.370. The highest BCUT2D eigenvalue weighted by molar-refractivity contribution is 5.87. The second-order valence-electron chi connectivity index (χ2n) is 5.46.